The van der Waals surface area contributed by atoms with E-state index in [2.05, 4.69) is 4.74 Å². The fourth-order valence-electron chi connectivity index (χ4n) is 0.667. The van der Waals surface area contributed by atoms with Gasteiger partial charge in [-0.2, -0.15) is 0 Å². The molecule has 1 aromatic carbocycles. The van der Waals surface area contributed by atoms with E-state index in [1.165, 1.54) is 25.3 Å². The molecule has 0 unspecified atom stereocenters. The maximum absolute atomic E-state index is 10.7. The molecule has 3 nitrogen and oxygen atoms in total. The summed E-state index contributed by atoms with van der Waals surface area (Å²) in [5, 5.41) is 19.6. The molecule has 0 aromatic heterocycles. The van der Waals surface area contributed by atoms with Gasteiger partial charge >= 0.3 is 0 Å². The summed E-state index contributed by atoms with van der Waals surface area (Å²) in [4.78, 5) is 0. The Bertz CT molecular complexity index is 232. The topological polar surface area (TPSA) is 49.4 Å². The predicted molar refractivity (Wildman–Crippen MR) is 34.8 cm³/mol. The number of ether oxygens (including phenoxy) is 1. The van der Waals surface area contributed by atoms with Gasteiger partial charge in [0.2, 0.25) is 11.5 Å². The van der Waals surface area contributed by atoms with Crippen LogP contribution >= 0.6 is 0 Å². The summed E-state index contributed by atoms with van der Waals surface area (Å²) in [6, 6.07) is 4.33. The van der Waals surface area contributed by atoms with E-state index < -0.39 is 5.75 Å². The lowest BCUT2D eigenvalue weighted by atomic mass is 10.3. The van der Waals surface area contributed by atoms with Crippen LogP contribution in [0.5, 0.6) is 17.2 Å². The zero-order valence-electron chi connectivity index (χ0n) is 5.50. The number of aromatic hydroxyl groups is 1. The van der Waals surface area contributed by atoms with E-state index in [0.717, 1.165) is 0 Å². The molecule has 53 valence electrons. The highest BCUT2D eigenvalue weighted by molar-refractivity contribution is 5.48. The molecule has 0 aliphatic carbocycles. The maximum Gasteiger partial charge on any atom is 0.224 e. The Labute approximate surface area is 58.5 Å². The van der Waals surface area contributed by atoms with Gasteiger partial charge in [-0.3, -0.25) is 5.11 Å². The van der Waals surface area contributed by atoms with Crippen LogP contribution < -0.4 is 4.74 Å². The van der Waals surface area contributed by atoms with Crippen LogP contribution in [-0.4, -0.2) is 12.2 Å². The van der Waals surface area contributed by atoms with Gasteiger partial charge in [0.05, 0.1) is 7.11 Å². The first-order valence-electron chi connectivity index (χ1n) is 2.78. The van der Waals surface area contributed by atoms with Crippen LogP contribution in [-0.2, 0) is 5.11 Å². The molecule has 0 heterocycles. The highest BCUT2D eigenvalue weighted by Gasteiger charge is 2.05. The van der Waals surface area contributed by atoms with Gasteiger partial charge in [-0.15, -0.1) is 0 Å². The monoisotopic (exact) mass is 139 g/mol. The predicted octanol–water partition coefficient (Wildman–Crippen LogP) is 1.54. The molecule has 1 rings (SSSR count). The average molecular weight is 139 g/mol. The summed E-state index contributed by atoms with van der Waals surface area (Å²) in [6.45, 7) is 0. The van der Waals surface area contributed by atoms with Gasteiger partial charge in [-0.1, -0.05) is 6.07 Å². The van der Waals surface area contributed by atoms with Crippen molar-refractivity contribution in [1.29, 1.82) is 0 Å². The minimum Gasteiger partial charge on any atom is -0.502 e. The van der Waals surface area contributed by atoms with Crippen LogP contribution in [0.3, 0.4) is 0 Å². The molecule has 1 N–H and O–H groups in total. The largest absolute Gasteiger partial charge is 0.502 e. The first-order valence-corrected chi connectivity index (χ1v) is 2.78. The van der Waals surface area contributed by atoms with E-state index in [1.807, 2.05) is 0 Å². The summed E-state index contributed by atoms with van der Waals surface area (Å²) < 4.78 is 4.68. The van der Waals surface area contributed by atoms with Gasteiger partial charge in [0, 0.05) is 0 Å². The van der Waals surface area contributed by atoms with E-state index in [-0.39, 0.29) is 11.5 Å². The zero-order chi connectivity index (χ0) is 7.56. The normalized spacial score (nSPS) is 9.30. The lowest BCUT2D eigenvalue weighted by Gasteiger charge is -2.00. The molecule has 0 atom stereocenters. The van der Waals surface area contributed by atoms with Gasteiger partial charge in [0.15, 0.2) is 5.75 Å². The number of benzene rings is 1. The Morgan fingerprint density at radius 1 is 1.50 bits per heavy atom. The highest BCUT2D eigenvalue weighted by atomic mass is 16.5. The summed E-state index contributed by atoms with van der Waals surface area (Å²) in [5.74, 6) is -0.531. The SMILES string of the molecule is COc1cccc([O])c1O. The quantitative estimate of drug-likeness (QED) is 0.641. The Kier molecular flexibility index (Phi) is 1.67. The molecule has 0 bridgehead atoms. The van der Waals surface area contributed by atoms with Crippen molar-refractivity contribution in [3.63, 3.8) is 0 Å². The van der Waals surface area contributed by atoms with Gasteiger partial charge in [0.25, 0.3) is 0 Å². The molecule has 0 saturated carbocycles. The molecule has 0 fully saturated rings. The Hall–Kier alpha value is -1.38. The Morgan fingerprint density at radius 2 is 2.20 bits per heavy atom. The van der Waals surface area contributed by atoms with Gasteiger partial charge in [0.1, 0.15) is 0 Å². The molecule has 0 aliphatic rings. The van der Waals surface area contributed by atoms with E-state index in [9.17, 15) is 5.11 Å². The van der Waals surface area contributed by atoms with Crippen LogP contribution in [0, 0.1) is 0 Å². The number of hydrogen-bond donors (Lipinski definition) is 1. The first-order chi connectivity index (χ1) is 4.75. The third kappa shape index (κ3) is 0.978. The molecule has 1 radical (unpaired) electrons. The third-order valence-electron chi connectivity index (χ3n) is 1.18. The van der Waals surface area contributed by atoms with Crippen molar-refractivity contribution in [3.05, 3.63) is 18.2 Å². The van der Waals surface area contributed by atoms with Crippen LogP contribution in [0.4, 0.5) is 0 Å². The summed E-state index contributed by atoms with van der Waals surface area (Å²) in [7, 11) is 1.40. The minimum absolute atomic E-state index is 0.215. The molecule has 0 spiro atoms. The molecule has 3 heteroatoms. The standard InChI is InChI=1S/C7H7O3/c1-10-6-4-2-3-5(8)7(6)9/h2-4,9H,1H3. The number of rotatable bonds is 1. The van der Waals surface area contributed by atoms with Crippen molar-refractivity contribution in [2.45, 2.75) is 0 Å². The molecule has 0 aliphatic heterocycles. The van der Waals surface area contributed by atoms with Gasteiger partial charge < -0.3 is 9.84 Å². The second-order valence-electron chi connectivity index (χ2n) is 1.81. The third-order valence-corrected chi connectivity index (χ3v) is 1.18. The van der Waals surface area contributed by atoms with E-state index >= 15 is 0 Å². The fraction of sp³-hybridized carbons (Fsp3) is 0.143. The molecule has 0 amide bonds. The van der Waals surface area contributed by atoms with Crippen LogP contribution in [0.2, 0.25) is 0 Å². The number of methoxy groups -OCH3 is 1. The zero-order valence-corrected chi connectivity index (χ0v) is 5.50. The lowest BCUT2D eigenvalue weighted by molar-refractivity contribution is 0.308. The second kappa shape index (κ2) is 2.47. The molecule has 10 heavy (non-hydrogen) atoms. The van der Waals surface area contributed by atoms with Crippen molar-refractivity contribution in [1.82, 2.24) is 0 Å². The van der Waals surface area contributed by atoms with Crippen LogP contribution in [0.25, 0.3) is 0 Å². The van der Waals surface area contributed by atoms with E-state index in [1.54, 1.807) is 0 Å². The number of phenolic OH excluding ortho intramolecular Hbond substituents is 1. The smallest absolute Gasteiger partial charge is 0.224 e. The van der Waals surface area contributed by atoms with Crippen LogP contribution in [0.1, 0.15) is 0 Å². The summed E-state index contributed by atoms with van der Waals surface area (Å²) in [5.41, 5.74) is 0. The first kappa shape index (κ1) is 6.74. The van der Waals surface area contributed by atoms with Gasteiger partial charge in [-0.05, 0) is 12.1 Å². The molecule has 1 aromatic rings. The second-order valence-corrected chi connectivity index (χ2v) is 1.81. The number of para-hydroxylation sites is 1. The Morgan fingerprint density at radius 3 is 2.70 bits per heavy atom. The summed E-state index contributed by atoms with van der Waals surface area (Å²) in [6.07, 6.45) is 0. The maximum atomic E-state index is 10.7. The van der Waals surface area contributed by atoms with Crippen molar-refractivity contribution in [3.8, 4) is 17.2 Å². The molecular formula is C7H7O3. The molecular weight excluding hydrogens is 132 g/mol. The number of phenols is 1. The van der Waals surface area contributed by atoms with E-state index in [0.29, 0.717) is 0 Å². The van der Waals surface area contributed by atoms with Gasteiger partial charge in [-0.25, -0.2) is 0 Å². The fourth-order valence-corrected chi connectivity index (χ4v) is 0.667. The van der Waals surface area contributed by atoms with E-state index in [4.69, 9.17) is 5.11 Å². The van der Waals surface area contributed by atoms with Crippen molar-refractivity contribution in [2.75, 3.05) is 7.11 Å². The van der Waals surface area contributed by atoms with Crippen LogP contribution in [0.15, 0.2) is 18.2 Å². The minimum atomic E-state index is -0.417. The number of hydrogen-bond acceptors (Lipinski definition) is 2. The Balaban J connectivity index is 3.14. The summed E-state index contributed by atoms with van der Waals surface area (Å²) >= 11 is 0. The highest BCUT2D eigenvalue weighted by Crippen LogP contribution is 2.34. The van der Waals surface area contributed by atoms with Crippen molar-refractivity contribution in [2.24, 2.45) is 0 Å². The lowest BCUT2D eigenvalue weighted by Crippen LogP contribution is -1.81. The van der Waals surface area contributed by atoms with Crippen molar-refractivity contribution < 1.29 is 14.9 Å². The van der Waals surface area contributed by atoms with Crippen molar-refractivity contribution >= 4 is 0 Å². The molecule has 0 saturated heterocycles. The average Bonchev–Trinajstić information content (AvgIpc) is 1.95.